The summed E-state index contributed by atoms with van der Waals surface area (Å²) in [4.78, 5) is 14.7. The fraction of sp³-hybridized carbons (Fsp3) is 0.200. The first kappa shape index (κ1) is 15.8. The average molecular weight is 326 g/mol. The summed E-state index contributed by atoms with van der Waals surface area (Å²) in [6.45, 7) is 2.18. The fourth-order valence-corrected chi connectivity index (χ4v) is 2.53. The van der Waals surface area contributed by atoms with Crippen LogP contribution in [-0.2, 0) is 11.3 Å². The van der Waals surface area contributed by atoms with Crippen LogP contribution in [0.1, 0.15) is 34.5 Å². The largest absolute Gasteiger partial charge is 0.478 e. The molecule has 0 saturated carbocycles. The van der Waals surface area contributed by atoms with E-state index in [1.165, 1.54) is 24.5 Å². The highest BCUT2D eigenvalue weighted by Gasteiger charge is 2.15. The van der Waals surface area contributed by atoms with Crippen molar-refractivity contribution in [3.63, 3.8) is 0 Å². The number of carbonyl (C=O) groups is 1. The van der Waals surface area contributed by atoms with Crippen LogP contribution in [0, 0.1) is 0 Å². The van der Waals surface area contributed by atoms with Gasteiger partial charge in [-0.25, -0.2) is 4.79 Å². The second kappa shape index (κ2) is 6.89. The highest BCUT2D eigenvalue weighted by Crippen LogP contribution is 2.31. The van der Waals surface area contributed by atoms with Crippen molar-refractivity contribution in [1.29, 1.82) is 0 Å². The van der Waals surface area contributed by atoms with Crippen LogP contribution in [0.5, 0.6) is 0 Å². The van der Waals surface area contributed by atoms with Crippen LogP contribution in [-0.4, -0.2) is 16.1 Å². The van der Waals surface area contributed by atoms with Gasteiger partial charge in [0.25, 0.3) is 0 Å². The second-order valence-corrected chi connectivity index (χ2v) is 5.29. The van der Waals surface area contributed by atoms with Gasteiger partial charge in [0.2, 0.25) is 0 Å². The molecule has 0 aliphatic carbocycles. The summed E-state index contributed by atoms with van der Waals surface area (Å²) in [6.07, 6.45) is 2.74. The third-order valence-corrected chi connectivity index (χ3v) is 3.60. The Morgan fingerprint density at radius 3 is 2.33 bits per heavy atom. The van der Waals surface area contributed by atoms with Gasteiger partial charge in [-0.1, -0.05) is 35.3 Å². The minimum atomic E-state index is -0.953. The number of hydrogen-bond acceptors (Lipinski definition) is 3. The molecule has 1 unspecified atom stereocenters. The number of pyridine rings is 1. The van der Waals surface area contributed by atoms with E-state index in [9.17, 15) is 4.79 Å². The molecule has 4 nitrogen and oxygen atoms in total. The summed E-state index contributed by atoms with van der Waals surface area (Å²) < 4.78 is 5.73. The normalized spacial score (nSPS) is 12.1. The third kappa shape index (κ3) is 3.94. The molecule has 0 saturated heterocycles. The first-order chi connectivity index (χ1) is 9.99. The minimum absolute atomic E-state index is 0.243. The molecule has 1 aromatic heterocycles. The van der Waals surface area contributed by atoms with E-state index in [0.717, 1.165) is 5.56 Å². The van der Waals surface area contributed by atoms with Crippen LogP contribution in [0.4, 0.5) is 0 Å². The van der Waals surface area contributed by atoms with Crippen LogP contribution in [0.15, 0.2) is 36.7 Å². The highest BCUT2D eigenvalue weighted by atomic mass is 35.5. The van der Waals surface area contributed by atoms with Crippen molar-refractivity contribution in [1.82, 2.24) is 4.98 Å². The highest BCUT2D eigenvalue weighted by molar-refractivity contribution is 6.35. The fourth-order valence-electron chi connectivity index (χ4n) is 1.86. The molecule has 1 aromatic carbocycles. The maximum Gasteiger partial charge on any atom is 0.335 e. The number of nitrogens with zero attached hydrogens (tertiary/aromatic N) is 1. The number of hydrogen-bond donors (Lipinski definition) is 1. The molecule has 2 aromatic rings. The Hall–Kier alpha value is -1.62. The summed E-state index contributed by atoms with van der Waals surface area (Å²) >= 11 is 12.1. The molecule has 0 fully saturated rings. The quantitative estimate of drug-likeness (QED) is 0.887. The summed E-state index contributed by atoms with van der Waals surface area (Å²) in [6, 6.07) is 6.51. The van der Waals surface area contributed by atoms with Gasteiger partial charge in [0, 0.05) is 18.0 Å². The SMILES string of the molecule is CC(OCc1ccc(C(=O)O)cc1)c1c(Cl)cncc1Cl. The number of carboxylic acid groups (broad SMARTS) is 1. The van der Waals surface area contributed by atoms with E-state index in [1.54, 1.807) is 12.1 Å². The van der Waals surface area contributed by atoms with Crippen LogP contribution >= 0.6 is 23.2 Å². The van der Waals surface area contributed by atoms with E-state index in [4.69, 9.17) is 33.0 Å². The molecule has 1 atom stereocenters. The van der Waals surface area contributed by atoms with E-state index < -0.39 is 5.97 Å². The lowest BCUT2D eigenvalue weighted by Crippen LogP contribution is -2.03. The van der Waals surface area contributed by atoms with Gasteiger partial charge < -0.3 is 9.84 Å². The van der Waals surface area contributed by atoms with Crippen molar-refractivity contribution in [3.05, 3.63) is 63.4 Å². The van der Waals surface area contributed by atoms with Gasteiger partial charge in [-0.15, -0.1) is 0 Å². The van der Waals surface area contributed by atoms with Crippen molar-refractivity contribution in [3.8, 4) is 0 Å². The Labute approximate surface area is 132 Å². The summed E-state index contributed by atoms with van der Waals surface area (Å²) in [5, 5.41) is 9.75. The molecule has 6 heteroatoms. The predicted octanol–water partition coefficient (Wildman–Crippen LogP) is 4.36. The van der Waals surface area contributed by atoms with E-state index >= 15 is 0 Å². The maximum absolute atomic E-state index is 10.8. The lowest BCUT2D eigenvalue weighted by Gasteiger charge is -2.16. The van der Waals surface area contributed by atoms with Crippen LogP contribution in [0.2, 0.25) is 10.0 Å². The van der Waals surface area contributed by atoms with Crippen molar-refractivity contribution >= 4 is 29.2 Å². The molecule has 0 amide bonds. The van der Waals surface area contributed by atoms with Gasteiger partial charge in [-0.2, -0.15) is 0 Å². The number of benzene rings is 1. The average Bonchev–Trinajstić information content (AvgIpc) is 2.45. The Balaban J connectivity index is 2.04. The number of halogens is 2. The summed E-state index contributed by atoms with van der Waals surface area (Å²) in [5.41, 5.74) is 1.80. The van der Waals surface area contributed by atoms with Gasteiger partial charge in [0.05, 0.1) is 28.3 Å². The van der Waals surface area contributed by atoms with Crippen molar-refractivity contribution in [2.45, 2.75) is 19.6 Å². The van der Waals surface area contributed by atoms with Crippen LogP contribution < -0.4 is 0 Å². The predicted molar refractivity (Wildman–Crippen MR) is 80.9 cm³/mol. The van der Waals surface area contributed by atoms with E-state index in [-0.39, 0.29) is 11.7 Å². The second-order valence-electron chi connectivity index (χ2n) is 4.47. The lowest BCUT2D eigenvalue weighted by atomic mass is 10.1. The third-order valence-electron chi connectivity index (χ3n) is 3.00. The van der Waals surface area contributed by atoms with E-state index in [2.05, 4.69) is 4.98 Å². The zero-order valence-corrected chi connectivity index (χ0v) is 12.7. The molecule has 0 spiro atoms. The number of ether oxygens (including phenoxy) is 1. The zero-order valence-electron chi connectivity index (χ0n) is 11.2. The van der Waals surface area contributed by atoms with E-state index in [1.807, 2.05) is 6.92 Å². The monoisotopic (exact) mass is 325 g/mol. The first-order valence-corrected chi connectivity index (χ1v) is 6.97. The standard InChI is InChI=1S/C15H13Cl2NO3/c1-9(14-12(16)6-18-7-13(14)17)21-8-10-2-4-11(5-3-10)15(19)20/h2-7,9H,8H2,1H3,(H,19,20). The number of aromatic nitrogens is 1. The smallest absolute Gasteiger partial charge is 0.335 e. The van der Waals surface area contributed by atoms with Crippen molar-refractivity contribution in [2.24, 2.45) is 0 Å². The van der Waals surface area contributed by atoms with Gasteiger partial charge in [-0.05, 0) is 24.6 Å². The number of rotatable bonds is 5. The molecule has 1 N–H and O–H groups in total. The van der Waals surface area contributed by atoms with Crippen molar-refractivity contribution in [2.75, 3.05) is 0 Å². The molecule has 2 rings (SSSR count). The Morgan fingerprint density at radius 1 is 1.24 bits per heavy atom. The summed E-state index contributed by atoms with van der Waals surface area (Å²) in [7, 11) is 0. The van der Waals surface area contributed by atoms with Gasteiger partial charge in [0.1, 0.15) is 0 Å². The maximum atomic E-state index is 10.8. The molecule has 1 heterocycles. The topological polar surface area (TPSA) is 59.4 Å². The summed E-state index contributed by atoms with van der Waals surface area (Å²) in [5.74, 6) is -0.953. The minimum Gasteiger partial charge on any atom is -0.478 e. The van der Waals surface area contributed by atoms with Crippen LogP contribution in [0.25, 0.3) is 0 Å². The molecule has 21 heavy (non-hydrogen) atoms. The van der Waals surface area contributed by atoms with Gasteiger partial charge in [0.15, 0.2) is 0 Å². The zero-order chi connectivity index (χ0) is 15.4. The molecule has 0 aliphatic rings. The molecule has 0 radical (unpaired) electrons. The molecular formula is C15H13Cl2NO3. The van der Waals surface area contributed by atoms with Crippen molar-refractivity contribution < 1.29 is 14.6 Å². The van der Waals surface area contributed by atoms with Gasteiger partial charge >= 0.3 is 5.97 Å². The Morgan fingerprint density at radius 2 is 1.81 bits per heavy atom. The van der Waals surface area contributed by atoms with Crippen LogP contribution in [0.3, 0.4) is 0 Å². The number of aromatic carboxylic acids is 1. The molecular weight excluding hydrogens is 313 g/mol. The van der Waals surface area contributed by atoms with E-state index in [0.29, 0.717) is 22.2 Å². The van der Waals surface area contributed by atoms with Gasteiger partial charge in [-0.3, -0.25) is 4.98 Å². The lowest BCUT2D eigenvalue weighted by molar-refractivity contribution is 0.0525. The Bertz CT molecular complexity index is 624. The molecule has 0 aliphatic heterocycles. The Kier molecular flexibility index (Phi) is 5.17. The molecule has 0 bridgehead atoms. The number of carboxylic acids is 1. The first-order valence-electron chi connectivity index (χ1n) is 6.21. The molecule has 110 valence electrons.